The summed E-state index contributed by atoms with van der Waals surface area (Å²) < 4.78 is 32.1. The first-order chi connectivity index (χ1) is 10.7. The van der Waals surface area contributed by atoms with Gasteiger partial charge >= 0.3 is 39.9 Å². The van der Waals surface area contributed by atoms with E-state index < -0.39 is 5.41 Å². The first kappa shape index (κ1) is 29.0. The zero-order valence-electron chi connectivity index (χ0n) is 12.6. The number of hydrogen-bond acceptors (Lipinski definition) is 4. The molecule has 1 rings (SSSR count). The molecule has 0 saturated heterocycles. The number of nitriles is 1. The summed E-state index contributed by atoms with van der Waals surface area (Å²) in [7, 11) is 2.94. The summed E-state index contributed by atoms with van der Waals surface area (Å²) in [6.07, 6.45) is 6.73. The van der Waals surface area contributed by atoms with E-state index >= 15 is 0 Å². The van der Waals surface area contributed by atoms with Crippen molar-refractivity contribution in [2.24, 2.45) is 5.41 Å². The number of nitrogens with zero attached hydrogens (tertiary/aromatic N) is 1. The molecule has 1 unspecified atom stereocenters. The number of rotatable bonds is 4. The molecule has 1 aliphatic rings. The smallest absolute Gasteiger partial charge is 0 e. The molecular formula is C15H15FeNO6. The fourth-order valence-electron chi connectivity index (χ4n) is 1.56. The third kappa shape index (κ3) is 12.2. The van der Waals surface area contributed by atoms with Crippen molar-refractivity contribution in [3.8, 4) is 6.07 Å². The van der Waals surface area contributed by atoms with E-state index in [4.69, 9.17) is 24.0 Å². The third-order valence-corrected chi connectivity index (χ3v) is 2.70. The van der Waals surface area contributed by atoms with Crippen LogP contribution in [0, 0.1) is 36.7 Å². The minimum atomic E-state index is -0.601. The molecule has 0 bridgehead atoms. The molecule has 0 radical (unpaired) electrons. The fourth-order valence-corrected chi connectivity index (χ4v) is 1.56. The van der Waals surface area contributed by atoms with E-state index in [9.17, 15) is 4.79 Å². The van der Waals surface area contributed by atoms with Gasteiger partial charge in [-0.1, -0.05) is 6.08 Å². The van der Waals surface area contributed by atoms with Crippen molar-refractivity contribution in [1.82, 2.24) is 0 Å². The van der Waals surface area contributed by atoms with Crippen molar-refractivity contribution in [3.05, 3.63) is 43.9 Å². The Hall–Kier alpha value is -2.02. The second-order valence-electron chi connectivity index (χ2n) is 3.69. The summed E-state index contributed by atoms with van der Waals surface area (Å²) in [6.45, 7) is 13.5. The standard InChI is InChI=1S/C12H15NO3.3CO.Fe/c1-15-10-3-6-12(9-13,7-4-10)8-5-11(14)16-2;3*1-2;/h3-4,6H,5,7-8H2,1-2H3;;;;. The summed E-state index contributed by atoms with van der Waals surface area (Å²) in [6, 6.07) is 2.25. The Morgan fingerprint density at radius 1 is 1.30 bits per heavy atom. The largest absolute Gasteiger partial charge is 0 e. The van der Waals surface area contributed by atoms with E-state index in [-0.39, 0.29) is 29.5 Å². The van der Waals surface area contributed by atoms with Gasteiger partial charge < -0.3 is 9.47 Å². The number of ether oxygens (including phenoxy) is 2. The Morgan fingerprint density at radius 3 is 2.13 bits per heavy atom. The van der Waals surface area contributed by atoms with E-state index in [0.717, 1.165) is 5.76 Å². The SMILES string of the molecule is COC(=O)CCC1(C#N)C=CC(OC)=CC1.[C-]#[O+].[C-]#[O+].[C-]#[O+].[Fe]. The average Bonchev–Trinajstić information content (AvgIpc) is 2.65. The molecule has 0 fully saturated rings. The minimum absolute atomic E-state index is 0. The molecule has 124 valence electrons. The van der Waals surface area contributed by atoms with Gasteiger partial charge in [-0.2, -0.15) is 5.26 Å². The second kappa shape index (κ2) is 20.0. The Kier molecular flexibility index (Phi) is 25.2. The Bertz CT molecular complexity index is 472. The molecule has 0 aromatic heterocycles. The predicted octanol–water partition coefficient (Wildman–Crippen LogP) is 1.82. The van der Waals surface area contributed by atoms with Crippen molar-refractivity contribution in [2.75, 3.05) is 14.2 Å². The normalized spacial score (nSPS) is 16.4. The quantitative estimate of drug-likeness (QED) is 0.328. The second-order valence-corrected chi connectivity index (χ2v) is 3.69. The predicted molar refractivity (Wildman–Crippen MR) is 69.9 cm³/mol. The van der Waals surface area contributed by atoms with E-state index in [1.807, 2.05) is 6.08 Å². The van der Waals surface area contributed by atoms with Gasteiger partial charge in [0.25, 0.3) is 0 Å². The van der Waals surface area contributed by atoms with Gasteiger partial charge in [0, 0.05) is 23.5 Å². The van der Waals surface area contributed by atoms with Gasteiger partial charge in [-0.15, -0.1) is 0 Å². The summed E-state index contributed by atoms with van der Waals surface area (Å²) in [5.41, 5.74) is -0.601. The monoisotopic (exact) mass is 361 g/mol. The van der Waals surface area contributed by atoms with Gasteiger partial charge in [0.1, 0.15) is 5.76 Å². The molecule has 1 atom stereocenters. The zero-order chi connectivity index (χ0) is 18.0. The Balaban J connectivity index is -0.000000231. The maximum absolute atomic E-state index is 11.0. The summed E-state index contributed by atoms with van der Waals surface area (Å²) in [5.74, 6) is 0.466. The number of carbonyl (C=O) groups excluding carboxylic acids is 1. The summed E-state index contributed by atoms with van der Waals surface area (Å²) >= 11 is 0. The average molecular weight is 361 g/mol. The molecule has 0 aromatic carbocycles. The van der Waals surface area contributed by atoms with Crippen LogP contribution in [0.1, 0.15) is 19.3 Å². The van der Waals surface area contributed by atoms with E-state index in [1.54, 1.807) is 19.3 Å². The van der Waals surface area contributed by atoms with Crippen LogP contribution >= 0.6 is 0 Å². The molecule has 1 aliphatic carbocycles. The van der Waals surface area contributed by atoms with Crippen LogP contribution in [-0.4, -0.2) is 20.2 Å². The van der Waals surface area contributed by atoms with Crippen molar-refractivity contribution in [1.29, 1.82) is 5.26 Å². The Morgan fingerprint density at radius 2 is 1.83 bits per heavy atom. The van der Waals surface area contributed by atoms with Crippen LogP contribution in [0.25, 0.3) is 0 Å². The van der Waals surface area contributed by atoms with E-state index in [1.165, 1.54) is 7.11 Å². The van der Waals surface area contributed by atoms with E-state index in [2.05, 4.69) is 30.8 Å². The van der Waals surface area contributed by atoms with Crippen LogP contribution in [0.5, 0.6) is 0 Å². The summed E-state index contributed by atoms with van der Waals surface area (Å²) in [4.78, 5) is 11.0. The van der Waals surface area contributed by atoms with Gasteiger partial charge in [0.2, 0.25) is 0 Å². The van der Waals surface area contributed by atoms with Gasteiger partial charge in [0.15, 0.2) is 0 Å². The van der Waals surface area contributed by atoms with Gasteiger partial charge in [-0.25, -0.2) is 0 Å². The summed E-state index contributed by atoms with van der Waals surface area (Å²) in [5, 5.41) is 9.16. The maximum atomic E-state index is 11.0. The van der Waals surface area contributed by atoms with Crippen molar-refractivity contribution in [2.45, 2.75) is 19.3 Å². The molecule has 0 N–H and O–H groups in total. The zero-order valence-corrected chi connectivity index (χ0v) is 13.7. The number of methoxy groups -OCH3 is 2. The first-order valence-corrected chi connectivity index (χ1v) is 5.68. The van der Waals surface area contributed by atoms with Gasteiger partial charge in [-0.3, -0.25) is 4.79 Å². The van der Waals surface area contributed by atoms with Crippen LogP contribution in [0.4, 0.5) is 0 Å². The molecule has 0 saturated carbocycles. The van der Waals surface area contributed by atoms with Gasteiger partial charge in [0.05, 0.1) is 25.7 Å². The molecule has 0 aliphatic heterocycles. The molecule has 8 heteroatoms. The molecule has 0 spiro atoms. The minimum Gasteiger partial charge on any atom is 0 e. The van der Waals surface area contributed by atoms with Crippen molar-refractivity contribution >= 4 is 5.97 Å². The van der Waals surface area contributed by atoms with Crippen LogP contribution in [-0.2, 0) is 45.3 Å². The maximum Gasteiger partial charge on any atom is 0 e. The molecule has 0 heterocycles. The van der Waals surface area contributed by atoms with Gasteiger partial charge in [-0.05, 0) is 25.0 Å². The van der Waals surface area contributed by atoms with Crippen molar-refractivity contribution < 1.29 is 45.3 Å². The molecule has 7 nitrogen and oxygen atoms in total. The van der Waals surface area contributed by atoms with Crippen molar-refractivity contribution in [3.63, 3.8) is 0 Å². The van der Waals surface area contributed by atoms with Crippen LogP contribution in [0.15, 0.2) is 24.0 Å². The first-order valence-electron chi connectivity index (χ1n) is 5.68. The topological polar surface area (TPSA) is 119 Å². The number of hydrogen-bond donors (Lipinski definition) is 0. The molecule has 0 amide bonds. The molecular weight excluding hydrogens is 346 g/mol. The number of carbonyl (C=O) groups is 1. The van der Waals surface area contributed by atoms with Crippen LogP contribution in [0.3, 0.4) is 0 Å². The molecule has 0 aromatic rings. The fraction of sp³-hybridized carbons (Fsp3) is 0.400. The molecule has 23 heavy (non-hydrogen) atoms. The number of esters is 1. The number of allylic oxidation sites excluding steroid dienone is 3. The Labute approximate surface area is 145 Å². The van der Waals surface area contributed by atoms with Crippen LogP contribution < -0.4 is 0 Å². The van der Waals surface area contributed by atoms with E-state index in [0.29, 0.717) is 12.8 Å². The van der Waals surface area contributed by atoms with Crippen LogP contribution in [0.2, 0.25) is 0 Å². The third-order valence-electron chi connectivity index (χ3n) is 2.70.